The number of nitrogens with one attached hydrogen (secondary N) is 3. The van der Waals surface area contributed by atoms with Gasteiger partial charge in [-0.2, -0.15) is 0 Å². The van der Waals surface area contributed by atoms with E-state index >= 15 is 0 Å². The summed E-state index contributed by atoms with van der Waals surface area (Å²) in [6.45, 7) is 0.207. The lowest BCUT2D eigenvalue weighted by Crippen LogP contribution is -2.44. The molecule has 2 heterocycles. The van der Waals surface area contributed by atoms with Gasteiger partial charge in [0.25, 0.3) is 5.56 Å². The highest BCUT2D eigenvalue weighted by Gasteiger charge is 2.28. The number of rotatable bonds is 5. The lowest BCUT2D eigenvalue weighted by atomic mass is 9.99. The Kier molecular flexibility index (Phi) is 5.99. The summed E-state index contributed by atoms with van der Waals surface area (Å²) in [7, 11) is -3.86. The largest absolute Gasteiger partial charge is 0.329 e. The van der Waals surface area contributed by atoms with Gasteiger partial charge in [-0.15, -0.1) is 12.4 Å². The van der Waals surface area contributed by atoms with Crippen LogP contribution < -0.4 is 21.7 Å². The van der Waals surface area contributed by atoms with Gasteiger partial charge >= 0.3 is 5.69 Å². The SMILES string of the molecule is Cl.NCC(NS(=O)(=O)c1cnc2[nH]c(=O)[nH]c(=O)c2c1)C1CCCC1. The molecule has 2 aromatic heterocycles. The molecule has 0 saturated heterocycles. The fourth-order valence-corrected chi connectivity index (χ4v) is 4.43. The van der Waals surface area contributed by atoms with Gasteiger partial charge in [0.1, 0.15) is 10.5 Å². The minimum Gasteiger partial charge on any atom is -0.329 e. The van der Waals surface area contributed by atoms with Crippen LogP contribution in [0.15, 0.2) is 26.7 Å². The fraction of sp³-hybridized carbons (Fsp3) is 0.500. The number of halogens is 1. The highest BCUT2D eigenvalue weighted by Crippen LogP contribution is 2.28. The van der Waals surface area contributed by atoms with E-state index in [9.17, 15) is 18.0 Å². The van der Waals surface area contributed by atoms with Gasteiger partial charge in [0, 0.05) is 18.8 Å². The number of H-pyrrole nitrogens is 2. The molecule has 2 aromatic rings. The van der Waals surface area contributed by atoms with Crippen molar-refractivity contribution in [3.05, 3.63) is 33.1 Å². The third kappa shape index (κ3) is 4.09. The number of pyridine rings is 1. The molecule has 1 aliphatic rings. The van der Waals surface area contributed by atoms with Gasteiger partial charge in [-0.3, -0.25) is 14.8 Å². The van der Waals surface area contributed by atoms with Gasteiger partial charge in [-0.1, -0.05) is 12.8 Å². The maximum absolute atomic E-state index is 12.6. The van der Waals surface area contributed by atoms with Crippen LogP contribution in [0.1, 0.15) is 25.7 Å². The van der Waals surface area contributed by atoms with Crippen LogP contribution in [0.2, 0.25) is 0 Å². The Hall–Kier alpha value is -1.75. The van der Waals surface area contributed by atoms with Crippen LogP contribution in [0.3, 0.4) is 0 Å². The summed E-state index contributed by atoms with van der Waals surface area (Å²) >= 11 is 0. The Balaban J connectivity index is 0.00000225. The molecule has 0 amide bonds. The molecule has 1 unspecified atom stereocenters. The van der Waals surface area contributed by atoms with Crippen LogP contribution >= 0.6 is 12.4 Å². The summed E-state index contributed by atoms with van der Waals surface area (Å²) in [6, 6.07) is 0.851. The van der Waals surface area contributed by atoms with E-state index in [1.807, 2.05) is 4.98 Å². The normalized spacial score (nSPS) is 16.7. The first kappa shape index (κ1) is 19.6. The number of fused-ring (bicyclic) bond motifs is 1. The van der Waals surface area contributed by atoms with E-state index in [1.165, 1.54) is 6.07 Å². The molecule has 0 bridgehead atoms. The average molecular weight is 390 g/mol. The zero-order chi connectivity index (χ0) is 17.3. The van der Waals surface area contributed by atoms with Crippen molar-refractivity contribution in [2.75, 3.05) is 6.54 Å². The Morgan fingerprint density at radius 2 is 1.96 bits per heavy atom. The molecule has 1 atom stereocenters. The van der Waals surface area contributed by atoms with Crippen LogP contribution in [0.4, 0.5) is 0 Å². The van der Waals surface area contributed by atoms with Crippen molar-refractivity contribution in [1.29, 1.82) is 0 Å². The second-order valence-corrected chi connectivity index (χ2v) is 7.70. The predicted molar refractivity (Wildman–Crippen MR) is 95.4 cm³/mol. The number of nitrogens with two attached hydrogens (primary N) is 1. The standard InChI is InChI=1S/C14H19N5O4S.ClH/c15-6-11(8-3-1-2-4-8)19-24(22,23)9-5-10-12(16-7-9)17-14(21)18-13(10)20;/h5,7-8,11,19H,1-4,6,15H2,(H2,16,17,18,20,21);1H. The molecule has 0 spiro atoms. The van der Waals surface area contributed by atoms with Gasteiger partial charge in [0.05, 0.1) is 5.39 Å². The molecule has 5 N–H and O–H groups in total. The first-order valence-electron chi connectivity index (χ1n) is 7.75. The topological polar surface area (TPSA) is 151 Å². The summed E-state index contributed by atoms with van der Waals surface area (Å²) in [6.07, 6.45) is 5.15. The monoisotopic (exact) mass is 389 g/mol. The lowest BCUT2D eigenvalue weighted by molar-refractivity contribution is 0.405. The number of aromatic nitrogens is 3. The van der Waals surface area contributed by atoms with Crippen LogP contribution in [0, 0.1) is 5.92 Å². The minimum atomic E-state index is -3.86. The van der Waals surface area contributed by atoms with E-state index in [4.69, 9.17) is 5.73 Å². The molecule has 1 fully saturated rings. The molecular formula is C14H20ClN5O4S. The first-order valence-corrected chi connectivity index (χ1v) is 9.24. The Bertz CT molecular complexity index is 965. The van der Waals surface area contributed by atoms with Gasteiger partial charge < -0.3 is 5.73 Å². The van der Waals surface area contributed by atoms with E-state index in [2.05, 4.69) is 14.7 Å². The highest BCUT2D eigenvalue weighted by atomic mass is 35.5. The highest BCUT2D eigenvalue weighted by molar-refractivity contribution is 7.89. The quantitative estimate of drug-likeness (QED) is 0.557. The van der Waals surface area contributed by atoms with Crippen molar-refractivity contribution in [3.63, 3.8) is 0 Å². The number of hydrogen-bond donors (Lipinski definition) is 4. The number of hydrogen-bond acceptors (Lipinski definition) is 6. The second-order valence-electron chi connectivity index (χ2n) is 5.98. The average Bonchev–Trinajstić information content (AvgIpc) is 3.06. The predicted octanol–water partition coefficient (Wildman–Crippen LogP) is -0.171. The molecule has 9 nitrogen and oxygen atoms in total. The summed E-state index contributed by atoms with van der Waals surface area (Å²) < 4.78 is 27.8. The number of nitrogens with zero attached hydrogens (tertiary/aromatic N) is 1. The molecule has 0 radical (unpaired) electrons. The summed E-state index contributed by atoms with van der Waals surface area (Å²) in [5, 5.41) is 0.00244. The third-order valence-electron chi connectivity index (χ3n) is 4.41. The van der Waals surface area contributed by atoms with E-state index < -0.39 is 21.3 Å². The van der Waals surface area contributed by atoms with Crippen LogP contribution in [-0.4, -0.2) is 36.0 Å². The summed E-state index contributed by atoms with van der Waals surface area (Å²) in [4.78, 5) is 31.2. The van der Waals surface area contributed by atoms with Crippen molar-refractivity contribution in [2.24, 2.45) is 11.7 Å². The van der Waals surface area contributed by atoms with Crippen molar-refractivity contribution in [1.82, 2.24) is 19.7 Å². The number of sulfonamides is 1. The van der Waals surface area contributed by atoms with Crippen LogP contribution in [0.25, 0.3) is 11.0 Å². The molecule has 1 saturated carbocycles. The third-order valence-corrected chi connectivity index (χ3v) is 5.86. The van der Waals surface area contributed by atoms with Crippen LogP contribution in [0.5, 0.6) is 0 Å². The molecule has 0 aliphatic heterocycles. The maximum Gasteiger partial charge on any atom is 0.327 e. The van der Waals surface area contributed by atoms with Crippen molar-refractivity contribution in [2.45, 2.75) is 36.6 Å². The first-order chi connectivity index (χ1) is 11.4. The van der Waals surface area contributed by atoms with Gasteiger partial charge in [-0.25, -0.2) is 22.9 Å². The van der Waals surface area contributed by atoms with Crippen LogP contribution in [-0.2, 0) is 10.0 Å². The smallest absolute Gasteiger partial charge is 0.327 e. The van der Waals surface area contributed by atoms with Gasteiger partial charge in [-0.05, 0) is 24.8 Å². The molecule has 3 rings (SSSR count). The molecular weight excluding hydrogens is 370 g/mol. The Morgan fingerprint density at radius 3 is 2.60 bits per heavy atom. The lowest BCUT2D eigenvalue weighted by Gasteiger charge is -2.22. The maximum atomic E-state index is 12.6. The van der Waals surface area contributed by atoms with E-state index in [0.29, 0.717) is 0 Å². The summed E-state index contributed by atoms with van der Waals surface area (Å²) in [5.41, 5.74) is 4.38. The fourth-order valence-electron chi connectivity index (χ4n) is 3.14. The molecule has 138 valence electrons. The molecule has 25 heavy (non-hydrogen) atoms. The minimum absolute atomic E-state index is 0. The van der Waals surface area contributed by atoms with Crippen molar-refractivity contribution < 1.29 is 8.42 Å². The van der Waals surface area contributed by atoms with Crippen molar-refractivity contribution >= 4 is 33.5 Å². The zero-order valence-corrected chi connectivity index (χ0v) is 15.0. The Morgan fingerprint density at radius 1 is 1.28 bits per heavy atom. The summed E-state index contributed by atoms with van der Waals surface area (Å²) in [5.74, 6) is 0.220. The Labute approximate surface area is 149 Å². The van der Waals surface area contributed by atoms with E-state index in [1.54, 1.807) is 0 Å². The van der Waals surface area contributed by atoms with Gasteiger partial charge in [0.2, 0.25) is 10.0 Å². The van der Waals surface area contributed by atoms with E-state index in [0.717, 1.165) is 31.9 Å². The van der Waals surface area contributed by atoms with E-state index in [-0.39, 0.29) is 46.8 Å². The molecule has 11 heteroatoms. The number of aromatic amines is 2. The zero-order valence-electron chi connectivity index (χ0n) is 13.3. The molecule has 0 aromatic carbocycles. The second kappa shape index (κ2) is 7.65. The van der Waals surface area contributed by atoms with Gasteiger partial charge in [0.15, 0.2) is 0 Å². The molecule has 1 aliphatic carbocycles. The van der Waals surface area contributed by atoms with Crippen molar-refractivity contribution in [3.8, 4) is 0 Å².